The van der Waals surface area contributed by atoms with E-state index in [-0.39, 0.29) is 45.7 Å². The number of benzene rings is 2. The van der Waals surface area contributed by atoms with Crippen LogP contribution < -0.4 is 0 Å². The minimum absolute atomic E-state index is 0. The normalized spacial score (nSPS) is 10.4. The molecule has 1 radical (unpaired) electrons. The molecular formula is C10H10NaO5S. The first-order valence-electron chi connectivity index (χ1n) is 4.17. The van der Waals surface area contributed by atoms with Crippen LogP contribution >= 0.6 is 0 Å². The van der Waals surface area contributed by atoms with E-state index in [0.29, 0.717) is 10.8 Å². The van der Waals surface area contributed by atoms with Gasteiger partial charge in [-0.1, -0.05) is 12.1 Å². The maximum Gasteiger partial charge on any atom is 0.294 e. The van der Waals surface area contributed by atoms with E-state index in [1.807, 2.05) is 0 Å². The van der Waals surface area contributed by atoms with Gasteiger partial charge in [-0.15, -0.1) is 0 Å². The monoisotopic (exact) mass is 265 g/mol. The van der Waals surface area contributed by atoms with Gasteiger partial charge in [-0.25, -0.2) is 0 Å². The van der Waals surface area contributed by atoms with Crippen molar-refractivity contribution >= 4 is 50.4 Å². The molecule has 0 fully saturated rings. The van der Waals surface area contributed by atoms with E-state index in [1.54, 1.807) is 6.07 Å². The Kier molecular flexibility index (Phi) is 5.60. The van der Waals surface area contributed by atoms with E-state index in [9.17, 15) is 13.5 Å². The molecule has 0 aliphatic heterocycles. The van der Waals surface area contributed by atoms with Crippen LogP contribution in [0.1, 0.15) is 0 Å². The molecule has 17 heavy (non-hydrogen) atoms. The summed E-state index contributed by atoms with van der Waals surface area (Å²) >= 11 is 0. The SMILES string of the molecule is O.O=S(=O)(O)c1ccc2cc(O)ccc2c1.[Na]. The summed E-state index contributed by atoms with van der Waals surface area (Å²) in [6, 6.07) is 8.72. The standard InChI is InChI=1S/C10H8O4S.Na.H2O/c11-9-3-1-8-6-10(15(12,13)14)4-2-7(8)5-9;;/h1-6,11H,(H,12,13,14);;1H2. The predicted molar refractivity (Wildman–Crippen MR) is 64.8 cm³/mol. The summed E-state index contributed by atoms with van der Waals surface area (Å²) in [7, 11) is -4.17. The zero-order valence-electron chi connectivity index (χ0n) is 9.08. The minimum atomic E-state index is -4.17. The average molecular weight is 265 g/mol. The Hall–Kier alpha value is -0.630. The number of hydrogen-bond acceptors (Lipinski definition) is 3. The van der Waals surface area contributed by atoms with Crippen molar-refractivity contribution in [2.24, 2.45) is 0 Å². The number of phenols is 1. The third-order valence-electron chi connectivity index (χ3n) is 2.09. The third kappa shape index (κ3) is 3.67. The second-order valence-corrected chi connectivity index (χ2v) is 4.59. The fourth-order valence-corrected chi connectivity index (χ4v) is 1.89. The molecule has 87 valence electrons. The van der Waals surface area contributed by atoms with Gasteiger partial charge in [0.1, 0.15) is 5.75 Å². The second-order valence-electron chi connectivity index (χ2n) is 3.17. The molecule has 0 heterocycles. The van der Waals surface area contributed by atoms with Crippen LogP contribution in [-0.4, -0.2) is 53.1 Å². The molecule has 2 aromatic carbocycles. The van der Waals surface area contributed by atoms with Gasteiger partial charge in [-0.05, 0) is 35.0 Å². The summed E-state index contributed by atoms with van der Waals surface area (Å²) in [6.07, 6.45) is 0. The van der Waals surface area contributed by atoms with Crippen molar-refractivity contribution in [1.82, 2.24) is 0 Å². The van der Waals surface area contributed by atoms with Crippen molar-refractivity contribution in [2.45, 2.75) is 4.90 Å². The van der Waals surface area contributed by atoms with Crippen LogP contribution in [0.5, 0.6) is 5.75 Å². The number of aromatic hydroxyl groups is 1. The summed E-state index contributed by atoms with van der Waals surface area (Å²) in [5, 5.41) is 10.5. The zero-order chi connectivity index (χ0) is 11.1. The number of rotatable bonds is 1. The summed E-state index contributed by atoms with van der Waals surface area (Å²) < 4.78 is 30.5. The van der Waals surface area contributed by atoms with Crippen LogP contribution in [0, 0.1) is 0 Å². The molecule has 2 rings (SSSR count). The number of fused-ring (bicyclic) bond motifs is 1. The third-order valence-corrected chi connectivity index (χ3v) is 2.94. The van der Waals surface area contributed by atoms with Gasteiger partial charge in [0.2, 0.25) is 0 Å². The molecule has 5 nitrogen and oxygen atoms in total. The van der Waals surface area contributed by atoms with Crippen LogP contribution in [0.3, 0.4) is 0 Å². The van der Waals surface area contributed by atoms with Gasteiger partial charge < -0.3 is 10.6 Å². The maximum atomic E-state index is 10.8. The molecule has 0 aliphatic rings. The Bertz CT molecular complexity index is 624. The molecular weight excluding hydrogens is 255 g/mol. The molecule has 0 atom stereocenters. The van der Waals surface area contributed by atoms with E-state index in [2.05, 4.69) is 0 Å². The molecule has 0 unspecified atom stereocenters. The molecule has 0 spiro atoms. The second kappa shape index (κ2) is 5.81. The van der Waals surface area contributed by atoms with Gasteiger partial charge in [0, 0.05) is 29.6 Å². The van der Waals surface area contributed by atoms with E-state index < -0.39 is 10.1 Å². The fraction of sp³-hybridized carbons (Fsp3) is 0. The van der Waals surface area contributed by atoms with Crippen molar-refractivity contribution in [3.63, 3.8) is 0 Å². The van der Waals surface area contributed by atoms with Gasteiger partial charge in [0.15, 0.2) is 0 Å². The Morgan fingerprint density at radius 2 is 1.47 bits per heavy atom. The molecule has 4 N–H and O–H groups in total. The first-order valence-corrected chi connectivity index (χ1v) is 5.61. The quantitative estimate of drug-likeness (QED) is 0.581. The Balaban J connectivity index is 0.00000128. The van der Waals surface area contributed by atoms with Crippen LogP contribution in [0.25, 0.3) is 10.8 Å². The predicted octanol–water partition coefficient (Wildman–Crippen LogP) is 0.587. The van der Waals surface area contributed by atoms with E-state index in [4.69, 9.17) is 4.55 Å². The zero-order valence-corrected chi connectivity index (χ0v) is 11.9. The van der Waals surface area contributed by atoms with Crippen LogP contribution in [0.4, 0.5) is 0 Å². The molecule has 7 heteroatoms. The summed E-state index contributed by atoms with van der Waals surface area (Å²) in [5.74, 6) is 0.113. The fourth-order valence-electron chi connectivity index (χ4n) is 1.37. The number of phenolic OH excluding ortho intramolecular Hbond substituents is 1. The van der Waals surface area contributed by atoms with Gasteiger partial charge in [-0.3, -0.25) is 4.55 Å². The van der Waals surface area contributed by atoms with Gasteiger partial charge in [-0.2, -0.15) is 8.42 Å². The van der Waals surface area contributed by atoms with E-state index >= 15 is 0 Å². The molecule has 0 amide bonds. The van der Waals surface area contributed by atoms with Crippen molar-refractivity contribution in [2.75, 3.05) is 0 Å². The van der Waals surface area contributed by atoms with Crippen molar-refractivity contribution < 1.29 is 23.6 Å². The largest absolute Gasteiger partial charge is 0.508 e. The Morgan fingerprint density at radius 1 is 0.941 bits per heavy atom. The van der Waals surface area contributed by atoms with Gasteiger partial charge in [0.25, 0.3) is 10.1 Å². The van der Waals surface area contributed by atoms with Gasteiger partial charge >= 0.3 is 0 Å². The molecule has 0 aliphatic carbocycles. The maximum absolute atomic E-state index is 10.8. The molecule has 0 aromatic heterocycles. The summed E-state index contributed by atoms with van der Waals surface area (Å²) in [4.78, 5) is -0.152. The Labute approximate surface area is 120 Å². The summed E-state index contributed by atoms with van der Waals surface area (Å²) in [6.45, 7) is 0. The molecule has 0 saturated carbocycles. The van der Waals surface area contributed by atoms with Crippen LogP contribution in [0.15, 0.2) is 41.3 Å². The van der Waals surface area contributed by atoms with E-state index in [0.717, 1.165) is 0 Å². The van der Waals surface area contributed by atoms with Crippen molar-refractivity contribution in [1.29, 1.82) is 0 Å². The first-order chi connectivity index (χ1) is 6.97. The smallest absolute Gasteiger partial charge is 0.294 e. The van der Waals surface area contributed by atoms with Crippen molar-refractivity contribution in [3.8, 4) is 5.75 Å². The van der Waals surface area contributed by atoms with Crippen molar-refractivity contribution in [3.05, 3.63) is 36.4 Å². The minimum Gasteiger partial charge on any atom is -0.508 e. The van der Waals surface area contributed by atoms with Crippen LogP contribution in [0.2, 0.25) is 0 Å². The first kappa shape index (κ1) is 16.4. The number of hydrogen-bond donors (Lipinski definition) is 2. The molecule has 0 saturated heterocycles. The summed E-state index contributed by atoms with van der Waals surface area (Å²) in [5.41, 5.74) is 0. The van der Waals surface area contributed by atoms with E-state index in [1.165, 1.54) is 30.3 Å². The Morgan fingerprint density at radius 3 is 2.06 bits per heavy atom. The van der Waals surface area contributed by atoms with Crippen LogP contribution in [-0.2, 0) is 10.1 Å². The van der Waals surface area contributed by atoms with Gasteiger partial charge in [0.05, 0.1) is 4.90 Å². The molecule has 2 aromatic rings. The average Bonchev–Trinajstić information content (AvgIpc) is 2.15. The topological polar surface area (TPSA) is 106 Å². The molecule has 0 bridgehead atoms.